The zero-order chi connectivity index (χ0) is 12.5. The van der Waals surface area contributed by atoms with Crippen LogP contribution >= 0.6 is 0 Å². The van der Waals surface area contributed by atoms with Gasteiger partial charge in [0.1, 0.15) is 11.3 Å². The number of furan rings is 1. The van der Waals surface area contributed by atoms with Gasteiger partial charge in [0.2, 0.25) is 0 Å². The van der Waals surface area contributed by atoms with Crippen molar-refractivity contribution in [2.75, 3.05) is 5.32 Å². The van der Waals surface area contributed by atoms with Crippen molar-refractivity contribution in [2.24, 2.45) is 7.05 Å². The van der Waals surface area contributed by atoms with Crippen LogP contribution in [0.1, 0.15) is 11.5 Å². The van der Waals surface area contributed by atoms with Crippen molar-refractivity contribution in [3.05, 3.63) is 48.0 Å². The largest absolute Gasteiger partial charge is 0.459 e. The van der Waals surface area contributed by atoms with E-state index in [1.54, 1.807) is 4.68 Å². The van der Waals surface area contributed by atoms with E-state index in [1.807, 2.05) is 38.4 Å². The van der Waals surface area contributed by atoms with Crippen molar-refractivity contribution in [1.29, 1.82) is 0 Å². The van der Waals surface area contributed by atoms with Crippen LogP contribution in [0.4, 0.5) is 5.69 Å². The minimum atomic E-state index is 0.668. The monoisotopic (exact) mass is 241 g/mol. The lowest BCUT2D eigenvalue weighted by Crippen LogP contribution is -1.98. The molecule has 0 aliphatic rings. The predicted molar refractivity (Wildman–Crippen MR) is 71.5 cm³/mol. The van der Waals surface area contributed by atoms with Crippen molar-refractivity contribution in [3.8, 4) is 0 Å². The normalized spacial score (nSPS) is 11.0. The van der Waals surface area contributed by atoms with Gasteiger partial charge in [-0.05, 0) is 19.1 Å². The average Bonchev–Trinajstić information content (AvgIpc) is 2.89. The highest BCUT2D eigenvalue weighted by molar-refractivity contribution is 5.77. The summed E-state index contributed by atoms with van der Waals surface area (Å²) in [4.78, 5) is 0. The summed E-state index contributed by atoms with van der Waals surface area (Å²) >= 11 is 0. The summed E-state index contributed by atoms with van der Waals surface area (Å²) in [5, 5.41) is 8.76. The minimum absolute atomic E-state index is 0.668. The number of benzene rings is 1. The van der Waals surface area contributed by atoms with Gasteiger partial charge in [0, 0.05) is 18.6 Å². The number of nitrogens with one attached hydrogen (secondary N) is 1. The van der Waals surface area contributed by atoms with Gasteiger partial charge >= 0.3 is 0 Å². The zero-order valence-electron chi connectivity index (χ0n) is 10.5. The number of anilines is 1. The average molecular weight is 241 g/mol. The Morgan fingerprint density at radius 2 is 2.17 bits per heavy atom. The van der Waals surface area contributed by atoms with Crippen molar-refractivity contribution < 1.29 is 4.42 Å². The first kappa shape index (κ1) is 10.9. The van der Waals surface area contributed by atoms with E-state index >= 15 is 0 Å². The van der Waals surface area contributed by atoms with Gasteiger partial charge in [-0.2, -0.15) is 5.10 Å². The van der Waals surface area contributed by atoms with Crippen LogP contribution in [0.2, 0.25) is 0 Å². The molecule has 0 radical (unpaired) electrons. The van der Waals surface area contributed by atoms with E-state index in [4.69, 9.17) is 4.42 Å². The van der Waals surface area contributed by atoms with Crippen LogP contribution in [-0.4, -0.2) is 9.78 Å². The maximum absolute atomic E-state index is 5.75. The molecule has 4 heteroatoms. The van der Waals surface area contributed by atoms with Crippen molar-refractivity contribution in [3.63, 3.8) is 0 Å². The van der Waals surface area contributed by atoms with Gasteiger partial charge in [-0.15, -0.1) is 0 Å². The molecule has 18 heavy (non-hydrogen) atoms. The Hall–Kier alpha value is -2.23. The van der Waals surface area contributed by atoms with Crippen molar-refractivity contribution in [2.45, 2.75) is 13.5 Å². The molecular formula is C14H15N3O. The Morgan fingerprint density at radius 3 is 2.89 bits per heavy atom. The van der Waals surface area contributed by atoms with E-state index in [-0.39, 0.29) is 0 Å². The molecule has 0 aliphatic carbocycles. The third-order valence-electron chi connectivity index (χ3n) is 2.94. The molecule has 0 aliphatic heterocycles. The number of hydrogen-bond donors (Lipinski definition) is 1. The maximum atomic E-state index is 5.75. The van der Waals surface area contributed by atoms with Gasteiger partial charge in [0.15, 0.2) is 0 Å². The van der Waals surface area contributed by atoms with Gasteiger partial charge in [-0.25, -0.2) is 0 Å². The molecule has 4 nitrogen and oxygen atoms in total. The SMILES string of the molecule is Cc1nn(C)cc1NCc1cc2ccccc2o1. The number of fused-ring (bicyclic) bond motifs is 1. The van der Waals surface area contributed by atoms with E-state index in [0.717, 1.165) is 28.1 Å². The predicted octanol–water partition coefficient (Wildman–Crippen LogP) is 3.09. The minimum Gasteiger partial charge on any atom is -0.459 e. The van der Waals surface area contributed by atoms with E-state index in [9.17, 15) is 0 Å². The van der Waals surface area contributed by atoms with Crippen LogP contribution < -0.4 is 5.32 Å². The molecular weight excluding hydrogens is 226 g/mol. The number of para-hydroxylation sites is 1. The molecule has 0 atom stereocenters. The van der Waals surface area contributed by atoms with Gasteiger partial charge < -0.3 is 9.73 Å². The second kappa shape index (κ2) is 4.22. The molecule has 1 aromatic carbocycles. The smallest absolute Gasteiger partial charge is 0.134 e. The molecule has 0 unspecified atom stereocenters. The molecule has 2 heterocycles. The number of nitrogens with zero attached hydrogens (tertiary/aromatic N) is 2. The first-order valence-corrected chi connectivity index (χ1v) is 5.94. The van der Waals surface area contributed by atoms with Crippen LogP contribution in [0.15, 0.2) is 40.9 Å². The molecule has 0 fully saturated rings. The molecule has 0 saturated carbocycles. The molecule has 3 rings (SSSR count). The second-order valence-corrected chi connectivity index (χ2v) is 4.41. The second-order valence-electron chi connectivity index (χ2n) is 4.41. The summed E-state index contributed by atoms with van der Waals surface area (Å²) in [5.41, 5.74) is 2.96. The Bertz CT molecular complexity index is 648. The number of aromatic nitrogens is 2. The summed E-state index contributed by atoms with van der Waals surface area (Å²) in [6.07, 6.45) is 1.97. The summed E-state index contributed by atoms with van der Waals surface area (Å²) < 4.78 is 7.55. The van der Waals surface area contributed by atoms with E-state index in [2.05, 4.69) is 22.5 Å². The quantitative estimate of drug-likeness (QED) is 0.766. The molecule has 2 aromatic heterocycles. The number of hydrogen-bond acceptors (Lipinski definition) is 3. The Kier molecular flexibility index (Phi) is 2.55. The molecule has 0 bridgehead atoms. The zero-order valence-corrected chi connectivity index (χ0v) is 10.5. The summed E-state index contributed by atoms with van der Waals surface area (Å²) in [7, 11) is 1.92. The highest BCUT2D eigenvalue weighted by atomic mass is 16.3. The fourth-order valence-electron chi connectivity index (χ4n) is 2.08. The topological polar surface area (TPSA) is 43.0 Å². The van der Waals surface area contributed by atoms with Crippen molar-refractivity contribution in [1.82, 2.24) is 9.78 Å². The lowest BCUT2D eigenvalue weighted by Gasteiger charge is -2.00. The molecule has 92 valence electrons. The standard InChI is InChI=1S/C14H15N3O/c1-10-13(9-17(2)16-10)15-8-12-7-11-5-3-4-6-14(11)18-12/h3-7,9,15H,8H2,1-2H3. The number of aryl methyl sites for hydroxylation is 2. The lowest BCUT2D eigenvalue weighted by atomic mass is 10.2. The molecule has 0 spiro atoms. The van der Waals surface area contributed by atoms with Gasteiger partial charge in [0.25, 0.3) is 0 Å². The summed E-state index contributed by atoms with van der Waals surface area (Å²) in [5.74, 6) is 0.930. The number of rotatable bonds is 3. The maximum Gasteiger partial charge on any atom is 0.134 e. The van der Waals surface area contributed by atoms with Crippen LogP contribution in [0.5, 0.6) is 0 Å². The van der Waals surface area contributed by atoms with Crippen LogP contribution in [0.25, 0.3) is 11.0 Å². The van der Waals surface area contributed by atoms with E-state index < -0.39 is 0 Å². The third kappa shape index (κ3) is 1.97. The van der Waals surface area contributed by atoms with Crippen molar-refractivity contribution >= 4 is 16.7 Å². The lowest BCUT2D eigenvalue weighted by molar-refractivity contribution is 0.559. The molecule has 3 aromatic rings. The molecule has 1 N–H and O–H groups in total. The van der Waals surface area contributed by atoms with E-state index in [0.29, 0.717) is 6.54 Å². The third-order valence-corrected chi connectivity index (χ3v) is 2.94. The Morgan fingerprint density at radius 1 is 1.33 bits per heavy atom. The highest BCUT2D eigenvalue weighted by Crippen LogP contribution is 2.20. The first-order valence-electron chi connectivity index (χ1n) is 5.94. The van der Waals surface area contributed by atoms with Crippen LogP contribution in [-0.2, 0) is 13.6 Å². The Balaban J connectivity index is 1.78. The van der Waals surface area contributed by atoms with E-state index in [1.165, 1.54) is 0 Å². The van der Waals surface area contributed by atoms with Gasteiger partial charge in [0.05, 0.1) is 17.9 Å². The highest BCUT2D eigenvalue weighted by Gasteiger charge is 2.05. The fraction of sp³-hybridized carbons (Fsp3) is 0.214. The Labute approximate surface area is 105 Å². The summed E-state index contributed by atoms with van der Waals surface area (Å²) in [6, 6.07) is 10.1. The van der Waals surface area contributed by atoms with Gasteiger partial charge in [-0.3, -0.25) is 4.68 Å². The molecule has 0 amide bonds. The molecule has 0 saturated heterocycles. The first-order chi connectivity index (χ1) is 8.72. The van der Waals surface area contributed by atoms with Crippen LogP contribution in [0, 0.1) is 6.92 Å². The van der Waals surface area contributed by atoms with Crippen LogP contribution in [0.3, 0.4) is 0 Å². The summed E-state index contributed by atoms with van der Waals surface area (Å²) in [6.45, 7) is 2.65. The fourth-order valence-corrected chi connectivity index (χ4v) is 2.08. The van der Waals surface area contributed by atoms with Gasteiger partial charge in [-0.1, -0.05) is 18.2 Å².